The van der Waals surface area contributed by atoms with Crippen LogP contribution in [0.25, 0.3) is 0 Å². The molecular weight excluding hydrogens is 306 g/mol. The van der Waals surface area contributed by atoms with Gasteiger partial charge >= 0.3 is 5.97 Å². The van der Waals surface area contributed by atoms with Crippen molar-refractivity contribution in [3.8, 4) is 0 Å². The molecule has 114 valence electrons. The Balaban J connectivity index is 2.08. The summed E-state index contributed by atoms with van der Waals surface area (Å²) < 4.78 is 4.69. The molecule has 2 rings (SSSR count). The van der Waals surface area contributed by atoms with Gasteiger partial charge in [-0.1, -0.05) is 12.1 Å². The Morgan fingerprint density at radius 1 is 1.43 bits per heavy atom. The number of rotatable bonds is 6. The number of thioether (sulfide) groups is 2. The molecule has 1 aliphatic rings. The standard InChI is InChI=1S/C15H19NO3S2/c1-19-15(18)12-6-4-11(5-7-12)14-16(8-3-9-20-2)13(17)10-21-14/h4-7,14H,3,8-10H2,1-2H3. The minimum Gasteiger partial charge on any atom is -0.465 e. The van der Waals surface area contributed by atoms with Crippen molar-refractivity contribution in [2.45, 2.75) is 11.8 Å². The van der Waals surface area contributed by atoms with Crippen LogP contribution in [0.2, 0.25) is 0 Å². The largest absolute Gasteiger partial charge is 0.465 e. The molecule has 0 saturated carbocycles. The van der Waals surface area contributed by atoms with Crippen LogP contribution >= 0.6 is 23.5 Å². The minimum atomic E-state index is -0.339. The second-order valence-corrected chi connectivity index (χ2v) is 6.76. The van der Waals surface area contributed by atoms with Crippen LogP contribution in [0.4, 0.5) is 0 Å². The van der Waals surface area contributed by atoms with Crippen molar-refractivity contribution in [1.29, 1.82) is 0 Å². The van der Waals surface area contributed by atoms with Gasteiger partial charge in [0.2, 0.25) is 5.91 Å². The lowest BCUT2D eigenvalue weighted by Gasteiger charge is -2.24. The Bertz CT molecular complexity index is 504. The Labute approximate surface area is 133 Å². The second-order valence-electron chi connectivity index (χ2n) is 4.71. The molecule has 1 heterocycles. The van der Waals surface area contributed by atoms with E-state index in [4.69, 9.17) is 4.74 Å². The molecule has 4 nitrogen and oxygen atoms in total. The van der Waals surface area contributed by atoms with E-state index in [1.807, 2.05) is 17.0 Å². The molecule has 1 atom stereocenters. The summed E-state index contributed by atoms with van der Waals surface area (Å²) in [5.41, 5.74) is 1.59. The summed E-state index contributed by atoms with van der Waals surface area (Å²) in [6.45, 7) is 0.788. The number of carbonyl (C=O) groups excluding carboxylic acids is 2. The fraction of sp³-hybridized carbons (Fsp3) is 0.467. The number of benzene rings is 1. The van der Waals surface area contributed by atoms with Gasteiger partial charge in [-0.3, -0.25) is 4.79 Å². The number of ether oxygens (including phenoxy) is 1. The summed E-state index contributed by atoms with van der Waals surface area (Å²) in [5, 5.41) is 0.0612. The lowest BCUT2D eigenvalue weighted by molar-refractivity contribution is -0.128. The van der Waals surface area contributed by atoms with Crippen molar-refractivity contribution in [1.82, 2.24) is 4.90 Å². The smallest absolute Gasteiger partial charge is 0.337 e. The van der Waals surface area contributed by atoms with Crippen LogP contribution in [0.15, 0.2) is 24.3 Å². The van der Waals surface area contributed by atoms with Gasteiger partial charge in [-0.2, -0.15) is 11.8 Å². The molecule has 21 heavy (non-hydrogen) atoms. The fourth-order valence-corrected chi connectivity index (χ4v) is 3.89. The first kappa shape index (κ1) is 16.2. The molecule has 1 aromatic carbocycles. The summed E-state index contributed by atoms with van der Waals surface area (Å²) in [4.78, 5) is 25.4. The highest BCUT2D eigenvalue weighted by molar-refractivity contribution is 8.00. The van der Waals surface area contributed by atoms with Crippen LogP contribution in [-0.4, -0.2) is 48.2 Å². The molecule has 1 aliphatic heterocycles. The van der Waals surface area contributed by atoms with Crippen molar-refractivity contribution >= 4 is 35.4 Å². The van der Waals surface area contributed by atoms with E-state index < -0.39 is 0 Å². The maximum atomic E-state index is 12.0. The van der Waals surface area contributed by atoms with Crippen LogP contribution in [-0.2, 0) is 9.53 Å². The quantitative estimate of drug-likeness (QED) is 0.594. The number of hydrogen-bond donors (Lipinski definition) is 0. The van der Waals surface area contributed by atoms with Crippen LogP contribution < -0.4 is 0 Å². The van der Waals surface area contributed by atoms with E-state index in [-0.39, 0.29) is 17.3 Å². The number of nitrogens with zero attached hydrogens (tertiary/aromatic N) is 1. The summed E-state index contributed by atoms with van der Waals surface area (Å²) >= 11 is 3.44. The average Bonchev–Trinajstić information content (AvgIpc) is 2.88. The summed E-state index contributed by atoms with van der Waals surface area (Å²) in [6, 6.07) is 7.32. The lowest BCUT2D eigenvalue weighted by Crippen LogP contribution is -2.29. The zero-order valence-electron chi connectivity index (χ0n) is 12.2. The van der Waals surface area contributed by atoms with Crippen LogP contribution in [0, 0.1) is 0 Å². The van der Waals surface area contributed by atoms with Gasteiger partial charge in [0.15, 0.2) is 0 Å². The first-order valence-corrected chi connectivity index (χ1v) is 9.20. The lowest BCUT2D eigenvalue weighted by atomic mass is 10.1. The van der Waals surface area contributed by atoms with E-state index in [9.17, 15) is 9.59 Å². The molecule has 1 aromatic rings. The third kappa shape index (κ3) is 3.95. The number of hydrogen-bond acceptors (Lipinski definition) is 5. The van der Waals surface area contributed by atoms with E-state index in [0.29, 0.717) is 11.3 Å². The van der Waals surface area contributed by atoms with Crippen molar-refractivity contribution < 1.29 is 14.3 Å². The van der Waals surface area contributed by atoms with E-state index in [1.165, 1.54) is 7.11 Å². The molecule has 0 radical (unpaired) electrons. The van der Waals surface area contributed by atoms with Gasteiger partial charge in [0.1, 0.15) is 5.37 Å². The maximum absolute atomic E-state index is 12.0. The number of amides is 1. The molecule has 0 bridgehead atoms. The van der Waals surface area contributed by atoms with E-state index in [1.54, 1.807) is 35.7 Å². The highest BCUT2D eigenvalue weighted by atomic mass is 32.2. The molecular formula is C15H19NO3S2. The topological polar surface area (TPSA) is 46.6 Å². The van der Waals surface area contributed by atoms with Crippen molar-refractivity contribution in [2.24, 2.45) is 0 Å². The van der Waals surface area contributed by atoms with Crippen LogP contribution in [0.3, 0.4) is 0 Å². The average molecular weight is 325 g/mol. The van der Waals surface area contributed by atoms with Crippen LogP contribution in [0.1, 0.15) is 27.7 Å². The van der Waals surface area contributed by atoms with Gasteiger partial charge in [-0.25, -0.2) is 4.79 Å². The van der Waals surface area contributed by atoms with E-state index in [2.05, 4.69) is 6.26 Å². The van der Waals surface area contributed by atoms with E-state index >= 15 is 0 Å². The van der Waals surface area contributed by atoms with Crippen molar-refractivity contribution in [3.05, 3.63) is 35.4 Å². The molecule has 1 amide bonds. The summed E-state index contributed by atoms with van der Waals surface area (Å²) in [6.07, 6.45) is 3.08. The molecule has 1 unspecified atom stereocenters. The van der Waals surface area contributed by atoms with Crippen molar-refractivity contribution in [3.63, 3.8) is 0 Å². The highest BCUT2D eigenvalue weighted by Crippen LogP contribution is 2.38. The zero-order chi connectivity index (χ0) is 15.2. The monoisotopic (exact) mass is 325 g/mol. The fourth-order valence-electron chi connectivity index (χ4n) is 2.25. The van der Waals surface area contributed by atoms with Crippen LogP contribution in [0.5, 0.6) is 0 Å². The molecule has 0 aliphatic carbocycles. The number of carbonyl (C=O) groups is 2. The molecule has 0 aromatic heterocycles. The van der Waals surface area contributed by atoms with Gasteiger partial charge in [0, 0.05) is 6.54 Å². The third-order valence-corrected chi connectivity index (χ3v) is 5.29. The SMILES string of the molecule is COC(=O)c1ccc(C2SCC(=O)N2CCCSC)cc1. The number of methoxy groups -OCH3 is 1. The minimum absolute atomic E-state index is 0.0612. The molecule has 1 fully saturated rings. The predicted molar refractivity (Wildman–Crippen MR) is 87.7 cm³/mol. The van der Waals surface area contributed by atoms with Gasteiger partial charge in [-0.15, -0.1) is 11.8 Å². The Morgan fingerprint density at radius 3 is 2.76 bits per heavy atom. The number of esters is 1. The summed E-state index contributed by atoms with van der Waals surface area (Å²) in [7, 11) is 1.37. The maximum Gasteiger partial charge on any atom is 0.337 e. The first-order chi connectivity index (χ1) is 10.2. The van der Waals surface area contributed by atoms with Gasteiger partial charge < -0.3 is 9.64 Å². The van der Waals surface area contributed by atoms with Gasteiger partial charge in [0.05, 0.1) is 18.4 Å². The van der Waals surface area contributed by atoms with Crippen molar-refractivity contribution in [2.75, 3.05) is 31.4 Å². The van der Waals surface area contributed by atoms with Gasteiger partial charge in [-0.05, 0) is 36.1 Å². The molecule has 1 saturated heterocycles. The predicted octanol–water partition coefficient (Wildman–Crippen LogP) is 2.80. The second kappa shape index (κ2) is 7.75. The highest BCUT2D eigenvalue weighted by Gasteiger charge is 2.32. The molecule has 6 heteroatoms. The summed E-state index contributed by atoms with van der Waals surface area (Å²) in [5.74, 6) is 1.45. The molecule has 0 N–H and O–H groups in total. The first-order valence-electron chi connectivity index (χ1n) is 6.75. The Morgan fingerprint density at radius 2 is 2.14 bits per heavy atom. The van der Waals surface area contributed by atoms with E-state index in [0.717, 1.165) is 24.3 Å². The molecule has 0 spiro atoms. The zero-order valence-corrected chi connectivity index (χ0v) is 13.8. The normalized spacial score (nSPS) is 18.1. The Hall–Kier alpha value is -1.14. The van der Waals surface area contributed by atoms with Gasteiger partial charge in [0.25, 0.3) is 0 Å². The third-order valence-electron chi connectivity index (χ3n) is 3.33. The Kier molecular flexibility index (Phi) is 5.99.